The van der Waals surface area contributed by atoms with Crippen LogP contribution < -0.4 is 15.4 Å². The van der Waals surface area contributed by atoms with E-state index in [0.29, 0.717) is 13.0 Å². The maximum Gasteiger partial charge on any atom is 0.408 e. The second-order valence-corrected chi connectivity index (χ2v) is 8.00. The summed E-state index contributed by atoms with van der Waals surface area (Å²) >= 11 is 0. The Hall–Kier alpha value is -4.33. The molecule has 0 saturated carbocycles. The fourth-order valence-electron chi connectivity index (χ4n) is 3.38. The van der Waals surface area contributed by atoms with E-state index >= 15 is 0 Å². The summed E-state index contributed by atoms with van der Waals surface area (Å²) in [5, 5.41) is 5.28. The molecule has 0 unspecified atom stereocenters. The van der Waals surface area contributed by atoms with E-state index in [4.69, 9.17) is 14.2 Å². The molecule has 0 radical (unpaired) electrons. The van der Waals surface area contributed by atoms with E-state index < -0.39 is 30.6 Å². The maximum atomic E-state index is 12.7. The number of ether oxygens (including phenoxy) is 3. The summed E-state index contributed by atoms with van der Waals surface area (Å²) in [4.78, 5) is 37.3. The zero-order valence-corrected chi connectivity index (χ0v) is 20.1. The minimum absolute atomic E-state index is 0.0659. The lowest BCUT2D eigenvalue weighted by molar-refractivity contribution is -0.150. The van der Waals surface area contributed by atoms with Crippen LogP contribution in [0.25, 0.3) is 0 Å². The van der Waals surface area contributed by atoms with E-state index in [1.165, 1.54) is 0 Å². The third-order valence-electron chi connectivity index (χ3n) is 5.31. The van der Waals surface area contributed by atoms with E-state index in [1.54, 1.807) is 7.11 Å². The van der Waals surface area contributed by atoms with Gasteiger partial charge in [0.1, 0.15) is 18.4 Å². The smallest absolute Gasteiger partial charge is 0.408 e. The van der Waals surface area contributed by atoms with Gasteiger partial charge in [-0.3, -0.25) is 4.79 Å². The maximum absolute atomic E-state index is 12.7. The summed E-state index contributed by atoms with van der Waals surface area (Å²) in [6, 6.07) is 24.9. The lowest BCUT2D eigenvalue weighted by atomic mass is 10.1. The number of nitrogens with one attached hydrogen (secondary N) is 2. The van der Waals surface area contributed by atoms with Crippen LogP contribution in [0.4, 0.5) is 4.79 Å². The Bertz CT molecular complexity index is 1100. The minimum Gasteiger partial charge on any atom is -0.497 e. The number of carbonyl (C=O) groups is 3. The van der Waals surface area contributed by atoms with Crippen LogP contribution in [0.3, 0.4) is 0 Å². The predicted molar refractivity (Wildman–Crippen MR) is 134 cm³/mol. The summed E-state index contributed by atoms with van der Waals surface area (Å²) < 4.78 is 15.6. The molecule has 2 amide bonds. The highest BCUT2D eigenvalue weighted by Crippen LogP contribution is 2.11. The molecular formula is C28H30N2O6. The molecule has 0 fully saturated rings. The summed E-state index contributed by atoms with van der Waals surface area (Å²) in [6.07, 6.45) is 0.0644. The van der Waals surface area contributed by atoms with E-state index in [-0.39, 0.29) is 13.0 Å². The topological polar surface area (TPSA) is 103 Å². The highest BCUT2D eigenvalue weighted by molar-refractivity contribution is 5.85. The van der Waals surface area contributed by atoms with Gasteiger partial charge >= 0.3 is 12.1 Å². The molecule has 3 rings (SSSR count). The highest BCUT2D eigenvalue weighted by Gasteiger charge is 2.24. The molecule has 1 atom stereocenters. The Labute approximate surface area is 210 Å². The molecule has 0 heterocycles. The Morgan fingerprint density at radius 3 is 2.06 bits per heavy atom. The van der Waals surface area contributed by atoms with Crippen LogP contribution >= 0.6 is 0 Å². The van der Waals surface area contributed by atoms with Crippen molar-refractivity contribution in [1.82, 2.24) is 10.6 Å². The number of esters is 1. The van der Waals surface area contributed by atoms with Gasteiger partial charge in [-0.15, -0.1) is 0 Å². The number of carbonyl (C=O) groups excluding carboxylic acids is 3. The van der Waals surface area contributed by atoms with Gasteiger partial charge in [-0.25, -0.2) is 9.59 Å². The molecular weight excluding hydrogens is 460 g/mol. The van der Waals surface area contributed by atoms with Crippen LogP contribution in [0, 0.1) is 0 Å². The van der Waals surface area contributed by atoms with Gasteiger partial charge in [0.25, 0.3) is 5.91 Å². The zero-order valence-electron chi connectivity index (χ0n) is 20.1. The molecule has 0 aromatic heterocycles. The van der Waals surface area contributed by atoms with Gasteiger partial charge in [0.2, 0.25) is 0 Å². The fraction of sp³-hybridized carbons (Fsp3) is 0.250. The molecule has 0 aliphatic carbocycles. The number of alkyl carbamates (subject to hydrolysis) is 1. The van der Waals surface area contributed by atoms with Crippen molar-refractivity contribution >= 4 is 18.0 Å². The highest BCUT2D eigenvalue weighted by atomic mass is 16.6. The molecule has 0 aliphatic rings. The Morgan fingerprint density at radius 2 is 1.42 bits per heavy atom. The second-order valence-electron chi connectivity index (χ2n) is 8.00. The van der Waals surface area contributed by atoms with E-state index in [0.717, 1.165) is 22.4 Å². The summed E-state index contributed by atoms with van der Waals surface area (Å²) in [6.45, 7) is 0.00404. The molecule has 0 bridgehead atoms. The number of amides is 2. The van der Waals surface area contributed by atoms with Crippen molar-refractivity contribution < 1.29 is 28.6 Å². The number of methoxy groups -OCH3 is 1. The van der Waals surface area contributed by atoms with Gasteiger partial charge in [0.15, 0.2) is 6.61 Å². The Kier molecular flexibility index (Phi) is 10.3. The van der Waals surface area contributed by atoms with Gasteiger partial charge in [-0.05, 0) is 35.2 Å². The first-order chi connectivity index (χ1) is 17.5. The third-order valence-corrected chi connectivity index (χ3v) is 5.31. The van der Waals surface area contributed by atoms with Gasteiger partial charge in [0.05, 0.1) is 7.11 Å². The normalized spacial score (nSPS) is 11.1. The first-order valence-corrected chi connectivity index (χ1v) is 11.6. The van der Waals surface area contributed by atoms with Gasteiger partial charge in [0, 0.05) is 13.0 Å². The van der Waals surface area contributed by atoms with Crippen LogP contribution in [0.5, 0.6) is 5.75 Å². The average Bonchev–Trinajstić information content (AvgIpc) is 2.92. The number of hydrogen-bond acceptors (Lipinski definition) is 6. The minimum atomic E-state index is -1.01. The van der Waals surface area contributed by atoms with Crippen molar-refractivity contribution in [2.75, 3.05) is 20.3 Å². The summed E-state index contributed by atoms with van der Waals surface area (Å²) in [7, 11) is 1.60. The summed E-state index contributed by atoms with van der Waals surface area (Å²) in [5.41, 5.74) is 2.68. The first kappa shape index (κ1) is 26.3. The van der Waals surface area contributed by atoms with Gasteiger partial charge < -0.3 is 24.8 Å². The first-order valence-electron chi connectivity index (χ1n) is 11.6. The van der Waals surface area contributed by atoms with E-state index in [1.807, 2.05) is 84.9 Å². The fourth-order valence-corrected chi connectivity index (χ4v) is 3.38. The van der Waals surface area contributed by atoms with Crippen molar-refractivity contribution in [3.63, 3.8) is 0 Å². The molecule has 8 heteroatoms. The van der Waals surface area contributed by atoms with Crippen LogP contribution in [0.1, 0.15) is 16.7 Å². The molecule has 0 aliphatic heterocycles. The summed E-state index contributed by atoms with van der Waals surface area (Å²) in [5.74, 6) is -0.389. The number of rotatable bonds is 12. The van der Waals surface area contributed by atoms with Crippen molar-refractivity contribution in [2.24, 2.45) is 0 Å². The molecule has 8 nitrogen and oxygen atoms in total. The van der Waals surface area contributed by atoms with Crippen molar-refractivity contribution in [3.05, 3.63) is 102 Å². The molecule has 0 spiro atoms. The average molecular weight is 491 g/mol. The number of benzene rings is 3. The number of hydrogen-bond donors (Lipinski definition) is 2. The van der Waals surface area contributed by atoms with Crippen molar-refractivity contribution in [2.45, 2.75) is 25.5 Å². The van der Waals surface area contributed by atoms with E-state index in [9.17, 15) is 14.4 Å². The zero-order chi connectivity index (χ0) is 25.6. The lowest BCUT2D eigenvalue weighted by Gasteiger charge is -2.18. The lowest BCUT2D eigenvalue weighted by Crippen LogP contribution is -2.44. The van der Waals surface area contributed by atoms with E-state index in [2.05, 4.69) is 10.6 Å². The Morgan fingerprint density at radius 1 is 0.778 bits per heavy atom. The predicted octanol–water partition coefficient (Wildman–Crippen LogP) is 3.43. The monoisotopic (exact) mass is 490 g/mol. The third kappa shape index (κ3) is 9.13. The molecule has 0 saturated heterocycles. The molecule has 2 N–H and O–H groups in total. The SMILES string of the molecule is COc1ccc(CCNC(=O)COC(=O)[C@H](Cc2ccccc2)NC(=O)OCc2ccccc2)cc1. The van der Waals surface area contributed by atoms with Crippen LogP contribution in [-0.2, 0) is 38.5 Å². The standard InChI is InChI=1S/C28H30N2O6/c1-34-24-14-12-21(13-15-24)16-17-29-26(31)20-35-27(32)25(18-22-8-4-2-5-9-22)30-28(33)36-19-23-10-6-3-7-11-23/h2-15,25H,16-20H2,1H3,(H,29,31)(H,30,33)/t25-/m0/s1. The molecule has 36 heavy (non-hydrogen) atoms. The van der Waals surface area contributed by atoms with Crippen LogP contribution in [0.15, 0.2) is 84.9 Å². The Balaban J connectivity index is 1.47. The molecule has 3 aromatic rings. The van der Waals surface area contributed by atoms with Gasteiger partial charge in [-0.1, -0.05) is 72.8 Å². The largest absolute Gasteiger partial charge is 0.497 e. The van der Waals surface area contributed by atoms with Crippen LogP contribution in [-0.4, -0.2) is 44.3 Å². The van der Waals surface area contributed by atoms with Crippen LogP contribution in [0.2, 0.25) is 0 Å². The van der Waals surface area contributed by atoms with Crippen molar-refractivity contribution in [3.8, 4) is 5.75 Å². The van der Waals surface area contributed by atoms with Gasteiger partial charge in [-0.2, -0.15) is 0 Å². The van der Waals surface area contributed by atoms with Crippen molar-refractivity contribution in [1.29, 1.82) is 0 Å². The molecule has 3 aromatic carbocycles. The second kappa shape index (κ2) is 14.2. The quantitative estimate of drug-likeness (QED) is 0.377. The molecule has 188 valence electrons.